The number of nitrogens with two attached hydrogens (primary N) is 1. The molecule has 3 rings (SSSR count). The van der Waals surface area contributed by atoms with Crippen molar-refractivity contribution in [3.05, 3.63) is 76.2 Å². The van der Waals surface area contributed by atoms with Crippen molar-refractivity contribution in [2.75, 3.05) is 5.73 Å². The van der Waals surface area contributed by atoms with Gasteiger partial charge < -0.3 is 10.3 Å². The van der Waals surface area contributed by atoms with Crippen LogP contribution < -0.4 is 5.73 Å². The van der Waals surface area contributed by atoms with Crippen LogP contribution >= 0.6 is 11.6 Å². The standard InChI is InChI=1S/C19H18ClFN2O2S/c1-12-13(2)23(11-14-3-5-15(20)6-4-14)19(22)18(12)26(24,25)17-9-7-16(21)8-10-17/h3-10H,11,22H2,1-2H3. The Morgan fingerprint density at radius 1 is 1.04 bits per heavy atom. The zero-order chi connectivity index (χ0) is 19.1. The molecule has 1 aromatic heterocycles. The number of benzene rings is 2. The third-order valence-electron chi connectivity index (χ3n) is 4.46. The van der Waals surface area contributed by atoms with E-state index in [9.17, 15) is 12.8 Å². The maximum Gasteiger partial charge on any atom is 0.210 e. The van der Waals surface area contributed by atoms with Crippen molar-refractivity contribution >= 4 is 27.3 Å². The highest BCUT2D eigenvalue weighted by Gasteiger charge is 2.28. The summed E-state index contributed by atoms with van der Waals surface area (Å²) in [6.45, 7) is 3.97. The lowest BCUT2D eigenvalue weighted by Gasteiger charge is -2.10. The highest BCUT2D eigenvalue weighted by Crippen LogP contribution is 2.34. The van der Waals surface area contributed by atoms with Gasteiger partial charge in [0, 0.05) is 17.3 Å². The van der Waals surface area contributed by atoms with E-state index in [-0.39, 0.29) is 15.6 Å². The Bertz CT molecular complexity index is 1060. The Hall–Kier alpha value is -2.31. The molecule has 0 aliphatic rings. The van der Waals surface area contributed by atoms with Crippen LogP contribution in [0.5, 0.6) is 0 Å². The van der Waals surface area contributed by atoms with Gasteiger partial charge in [0.25, 0.3) is 0 Å². The molecule has 0 atom stereocenters. The van der Waals surface area contributed by atoms with Crippen molar-refractivity contribution in [3.63, 3.8) is 0 Å². The number of nitrogen functional groups attached to an aromatic ring is 1. The van der Waals surface area contributed by atoms with Crippen molar-refractivity contribution in [2.45, 2.75) is 30.2 Å². The van der Waals surface area contributed by atoms with Crippen molar-refractivity contribution in [3.8, 4) is 0 Å². The van der Waals surface area contributed by atoms with Crippen molar-refractivity contribution in [1.82, 2.24) is 4.57 Å². The number of hydrogen-bond acceptors (Lipinski definition) is 3. The van der Waals surface area contributed by atoms with Gasteiger partial charge in [-0.05, 0) is 61.4 Å². The zero-order valence-corrected chi connectivity index (χ0v) is 15.9. The van der Waals surface area contributed by atoms with Crippen LogP contribution in [-0.2, 0) is 16.4 Å². The van der Waals surface area contributed by atoms with Gasteiger partial charge in [-0.2, -0.15) is 0 Å². The minimum atomic E-state index is -3.85. The third-order valence-corrected chi connectivity index (χ3v) is 6.66. The van der Waals surface area contributed by atoms with Gasteiger partial charge in [-0.15, -0.1) is 0 Å². The van der Waals surface area contributed by atoms with E-state index in [1.165, 1.54) is 12.1 Å². The molecule has 0 amide bonds. The van der Waals surface area contributed by atoms with Gasteiger partial charge in [-0.1, -0.05) is 23.7 Å². The molecule has 0 bridgehead atoms. The van der Waals surface area contributed by atoms with E-state index >= 15 is 0 Å². The molecule has 0 aliphatic carbocycles. The quantitative estimate of drug-likeness (QED) is 0.671. The number of rotatable bonds is 4. The number of nitrogens with zero attached hydrogens (tertiary/aromatic N) is 1. The molecule has 0 fully saturated rings. The summed E-state index contributed by atoms with van der Waals surface area (Å²) in [6.07, 6.45) is 0. The number of anilines is 1. The summed E-state index contributed by atoms with van der Waals surface area (Å²) < 4.78 is 40.9. The Morgan fingerprint density at radius 3 is 2.19 bits per heavy atom. The maximum atomic E-state index is 13.1. The SMILES string of the molecule is Cc1c(S(=O)(=O)c2ccc(F)cc2)c(N)n(Cc2ccc(Cl)cc2)c1C. The molecule has 7 heteroatoms. The summed E-state index contributed by atoms with van der Waals surface area (Å²) in [5.74, 6) is -0.329. The van der Waals surface area contributed by atoms with Crippen LogP contribution in [0, 0.1) is 19.7 Å². The van der Waals surface area contributed by atoms with Crippen molar-refractivity contribution in [1.29, 1.82) is 0 Å². The average molecular weight is 393 g/mol. The Morgan fingerprint density at radius 2 is 1.62 bits per heavy atom. The first-order valence-corrected chi connectivity index (χ1v) is 9.78. The van der Waals surface area contributed by atoms with Gasteiger partial charge in [0.2, 0.25) is 9.84 Å². The molecule has 0 radical (unpaired) electrons. The largest absolute Gasteiger partial charge is 0.384 e. The average Bonchev–Trinajstić information content (AvgIpc) is 2.81. The Labute approximate surface area is 156 Å². The zero-order valence-electron chi connectivity index (χ0n) is 14.3. The van der Waals surface area contributed by atoms with E-state index in [4.69, 9.17) is 17.3 Å². The molecule has 1 heterocycles. The maximum absolute atomic E-state index is 13.1. The lowest BCUT2D eigenvalue weighted by molar-refractivity contribution is 0.594. The fraction of sp³-hybridized carbons (Fsp3) is 0.158. The van der Waals surface area contributed by atoms with E-state index in [1.54, 1.807) is 23.6 Å². The summed E-state index contributed by atoms with van der Waals surface area (Å²) in [5.41, 5.74) is 8.51. The topological polar surface area (TPSA) is 65.1 Å². The van der Waals surface area contributed by atoms with Gasteiger partial charge in [0.05, 0.1) is 4.90 Å². The first kappa shape index (κ1) is 18.5. The monoisotopic (exact) mass is 392 g/mol. The van der Waals surface area contributed by atoms with Crippen LogP contribution in [0.2, 0.25) is 5.02 Å². The van der Waals surface area contributed by atoms with Crippen LogP contribution in [0.25, 0.3) is 0 Å². The molecular formula is C19H18ClFN2O2S. The molecule has 0 saturated carbocycles. The molecule has 26 heavy (non-hydrogen) atoms. The molecule has 3 aromatic rings. The summed E-state index contributed by atoms with van der Waals surface area (Å²) in [5, 5.41) is 0.627. The molecule has 0 spiro atoms. The Kier molecular flexibility index (Phi) is 4.82. The van der Waals surface area contributed by atoms with Gasteiger partial charge in [-0.3, -0.25) is 0 Å². The van der Waals surface area contributed by atoms with E-state index in [2.05, 4.69) is 0 Å². The minimum Gasteiger partial charge on any atom is -0.384 e. The third kappa shape index (κ3) is 3.22. The van der Waals surface area contributed by atoms with Crippen LogP contribution in [0.3, 0.4) is 0 Å². The summed E-state index contributed by atoms with van der Waals surface area (Å²) in [4.78, 5) is 0.0768. The number of aromatic nitrogens is 1. The predicted molar refractivity (Wildman–Crippen MR) is 101 cm³/mol. The molecule has 2 N–H and O–H groups in total. The molecular weight excluding hydrogens is 375 g/mol. The first-order chi connectivity index (χ1) is 12.2. The highest BCUT2D eigenvalue weighted by molar-refractivity contribution is 7.91. The van der Waals surface area contributed by atoms with Crippen molar-refractivity contribution in [2.24, 2.45) is 0 Å². The van der Waals surface area contributed by atoms with Gasteiger partial charge in [-0.25, -0.2) is 12.8 Å². The smallest absolute Gasteiger partial charge is 0.210 e. The minimum absolute atomic E-state index is 0.0114. The molecule has 4 nitrogen and oxygen atoms in total. The van der Waals surface area contributed by atoms with Crippen LogP contribution in [-0.4, -0.2) is 13.0 Å². The molecule has 136 valence electrons. The lowest BCUT2D eigenvalue weighted by Crippen LogP contribution is -2.09. The highest BCUT2D eigenvalue weighted by atomic mass is 35.5. The molecule has 0 aliphatic heterocycles. The summed E-state index contributed by atoms with van der Waals surface area (Å²) in [7, 11) is -3.85. The number of halogens is 2. The fourth-order valence-corrected chi connectivity index (χ4v) is 4.70. The van der Waals surface area contributed by atoms with Crippen LogP contribution in [0.4, 0.5) is 10.2 Å². The van der Waals surface area contributed by atoms with E-state index < -0.39 is 15.7 Å². The second-order valence-electron chi connectivity index (χ2n) is 6.09. The number of hydrogen-bond donors (Lipinski definition) is 1. The second kappa shape index (κ2) is 6.78. The van der Waals surface area contributed by atoms with E-state index in [1.807, 2.05) is 19.1 Å². The normalized spacial score (nSPS) is 11.7. The van der Waals surface area contributed by atoms with Gasteiger partial charge in [0.15, 0.2) is 0 Å². The van der Waals surface area contributed by atoms with Gasteiger partial charge >= 0.3 is 0 Å². The molecule has 0 saturated heterocycles. The molecule has 0 unspecified atom stereocenters. The van der Waals surface area contributed by atoms with Crippen LogP contribution in [0.1, 0.15) is 16.8 Å². The van der Waals surface area contributed by atoms with Gasteiger partial charge in [0.1, 0.15) is 16.5 Å². The van der Waals surface area contributed by atoms with Crippen LogP contribution in [0.15, 0.2) is 58.3 Å². The number of sulfone groups is 1. The van der Waals surface area contributed by atoms with Crippen molar-refractivity contribution < 1.29 is 12.8 Å². The summed E-state index contributed by atoms with van der Waals surface area (Å²) >= 11 is 5.91. The molecule has 2 aromatic carbocycles. The second-order valence-corrected chi connectivity index (χ2v) is 8.42. The van der Waals surface area contributed by atoms with E-state index in [0.29, 0.717) is 17.1 Å². The predicted octanol–water partition coefficient (Wildman–Crippen LogP) is 4.36. The fourth-order valence-electron chi connectivity index (χ4n) is 2.91. The Balaban J connectivity index is 2.09. The van der Waals surface area contributed by atoms with E-state index in [0.717, 1.165) is 23.4 Å². The first-order valence-electron chi connectivity index (χ1n) is 7.92. The summed E-state index contributed by atoms with van der Waals surface area (Å²) in [6, 6.07) is 12.0. The lowest BCUT2D eigenvalue weighted by atomic mass is 10.2.